The minimum absolute atomic E-state index is 0.0268. The predicted molar refractivity (Wildman–Crippen MR) is 70.4 cm³/mol. The normalized spacial score (nSPS) is 9.94. The van der Waals surface area contributed by atoms with Crippen molar-refractivity contribution >= 4 is 17.7 Å². The van der Waals surface area contributed by atoms with Crippen molar-refractivity contribution in [3.63, 3.8) is 0 Å². The first-order valence-corrected chi connectivity index (χ1v) is 6.57. The van der Waals surface area contributed by atoms with Crippen molar-refractivity contribution < 1.29 is 9.18 Å². The predicted octanol–water partition coefficient (Wildman–Crippen LogP) is 2.75. The number of amides is 1. The monoisotopic (exact) mass is 253 g/mol. The van der Waals surface area contributed by atoms with E-state index in [2.05, 4.69) is 11.9 Å². The first kappa shape index (κ1) is 13.8. The van der Waals surface area contributed by atoms with Crippen LogP contribution in [-0.2, 0) is 10.5 Å². The second kappa shape index (κ2) is 7.90. The van der Waals surface area contributed by atoms with E-state index in [1.165, 1.54) is 23.9 Å². The first-order chi connectivity index (χ1) is 8.22. The van der Waals surface area contributed by atoms with E-state index in [0.717, 1.165) is 17.7 Å². The Labute approximate surface area is 105 Å². The van der Waals surface area contributed by atoms with Crippen molar-refractivity contribution in [1.29, 1.82) is 0 Å². The maximum atomic E-state index is 12.6. The lowest BCUT2D eigenvalue weighted by Gasteiger charge is -2.03. The zero-order chi connectivity index (χ0) is 12.5. The fourth-order valence-corrected chi connectivity index (χ4v) is 2.02. The van der Waals surface area contributed by atoms with E-state index < -0.39 is 0 Å². The summed E-state index contributed by atoms with van der Waals surface area (Å²) in [6.07, 6.45) is 2.56. The van der Waals surface area contributed by atoms with E-state index in [1.807, 2.05) is 0 Å². The third-order valence-corrected chi connectivity index (χ3v) is 3.09. The van der Waals surface area contributed by atoms with Gasteiger partial charge in [-0.1, -0.05) is 18.2 Å². The van der Waals surface area contributed by atoms with Crippen molar-refractivity contribution in [2.75, 3.05) is 12.3 Å². The van der Waals surface area contributed by atoms with Gasteiger partial charge in [0.1, 0.15) is 5.82 Å². The van der Waals surface area contributed by atoms with Crippen LogP contribution in [0.25, 0.3) is 0 Å². The number of hydrogen-bond donors (Lipinski definition) is 1. The molecule has 1 aromatic rings. The van der Waals surface area contributed by atoms with Crippen molar-refractivity contribution in [3.05, 3.63) is 48.3 Å². The minimum Gasteiger partial charge on any atom is -0.355 e. The molecule has 0 heterocycles. The van der Waals surface area contributed by atoms with Crippen LogP contribution in [0.4, 0.5) is 4.39 Å². The topological polar surface area (TPSA) is 29.1 Å². The van der Waals surface area contributed by atoms with Crippen LogP contribution in [0.2, 0.25) is 0 Å². The molecule has 0 saturated carbocycles. The van der Waals surface area contributed by atoms with Gasteiger partial charge in [0.2, 0.25) is 5.91 Å². The highest BCUT2D eigenvalue weighted by Gasteiger charge is 2.01. The van der Waals surface area contributed by atoms with Crippen LogP contribution in [0.5, 0.6) is 0 Å². The molecular formula is C13H16FNOS. The summed E-state index contributed by atoms with van der Waals surface area (Å²) in [5.41, 5.74) is 1.02. The van der Waals surface area contributed by atoms with Gasteiger partial charge in [-0.3, -0.25) is 4.79 Å². The van der Waals surface area contributed by atoms with Crippen LogP contribution >= 0.6 is 11.8 Å². The Bertz CT molecular complexity index is 364. The van der Waals surface area contributed by atoms with Gasteiger partial charge in [-0.15, -0.1) is 18.3 Å². The lowest BCUT2D eigenvalue weighted by Crippen LogP contribution is -2.25. The number of rotatable bonds is 7. The number of halogens is 1. The number of carbonyl (C=O) groups is 1. The molecule has 0 aliphatic rings. The Morgan fingerprint density at radius 1 is 1.41 bits per heavy atom. The van der Waals surface area contributed by atoms with E-state index in [4.69, 9.17) is 0 Å². The number of carbonyl (C=O) groups excluding carboxylic acids is 1. The lowest BCUT2D eigenvalue weighted by molar-refractivity contribution is -0.118. The third kappa shape index (κ3) is 6.12. The molecule has 0 aromatic heterocycles. The van der Waals surface area contributed by atoms with Crippen LogP contribution in [0.1, 0.15) is 12.0 Å². The molecule has 0 aliphatic carbocycles. The second-order valence-electron chi connectivity index (χ2n) is 3.55. The summed E-state index contributed by atoms with van der Waals surface area (Å²) in [4.78, 5) is 11.3. The Hall–Kier alpha value is -1.29. The molecule has 0 atom stereocenters. The van der Waals surface area contributed by atoms with Gasteiger partial charge in [-0.05, 0) is 24.1 Å². The van der Waals surface area contributed by atoms with Gasteiger partial charge in [0.05, 0.1) is 5.75 Å². The molecule has 17 heavy (non-hydrogen) atoms. The van der Waals surface area contributed by atoms with E-state index in [1.54, 1.807) is 18.2 Å². The van der Waals surface area contributed by atoms with E-state index in [0.29, 0.717) is 12.3 Å². The molecule has 0 saturated heterocycles. The summed E-state index contributed by atoms with van der Waals surface area (Å²) in [5.74, 6) is 0.934. The molecule has 4 heteroatoms. The van der Waals surface area contributed by atoms with Gasteiger partial charge in [-0.2, -0.15) is 0 Å². The molecule has 0 aliphatic heterocycles. The average molecular weight is 253 g/mol. The molecule has 0 fully saturated rings. The minimum atomic E-state index is -0.235. The Balaban J connectivity index is 2.16. The van der Waals surface area contributed by atoms with Gasteiger partial charge in [0.15, 0.2) is 0 Å². The molecule has 92 valence electrons. The Morgan fingerprint density at radius 3 is 2.76 bits per heavy atom. The molecule has 0 radical (unpaired) electrons. The summed E-state index contributed by atoms with van der Waals surface area (Å²) < 4.78 is 12.6. The largest absolute Gasteiger partial charge is 0.355 e. The standard InChI is InChI=1S/C13H16FNOS/c1-2-3-8-15-13(16)10-17-9-11-4-6-12(14)7-5-11/h2,4-7H,1,3,8-10H2,(H,15,16). The fraction of sp³-hybridized carbons (Fsp3) is 0.308. The van der Waals surface area contributed by atoms with Crippen LogP contribution in [-0.4, -0.2) is 18.2 Å². The summed E-state index contributed by atoms with van der Waals surface area (Å²) in [6, 6.07) is 6.33. The SMILES string of the molecule is C=CCCNC(=O)CSCc1ccc(F)cc1. The molecule has 1 aromatic carbocycles. The molecule has 0 unspecified atom stereocenters. The molecule has 0 spiro atoms. The Morgan fingerprint density at radius 2 is 2.12 bits per heavy atom. The van der Waals surface area contributed by atoms with Crippen LogP contribution < -0.4 is 5.32 Å². The van der Waals surface area contributed by atoms with Gasteiger partial charge in [-0.25, -0.2) is 4.39 Å². The first-order valence-electron chi connectivity index (χ1n) is 5.42. The summed E-state index contributed by atoms with van der Waals surface area (Å²) in [6.45, 7) is 4.22. The number of benzene rings is 1. The summed E-state index contributed by atoms with van der Waals surface area (Å²) in [7, 11) is 0. The van der Waals surface area contributed by atoms with Crippen molar-refractivity contribution in [3.8, 4) is 0 Å². The number of nitrogens with one attached hydrogen (secondary N) is 1. The fourth-order valence-electron chi connectivity index (χ4n) is 1.21. The third-order valence-electron chi connectivity index (χ3n) is 2.09. The van der Waals surface area contributed by atoms with Crippen molar-refractivity contribution in [1.82, 2.24) is 5.32 Å². The van der Waals surface area contributed by atoms with Gasteiger partial charge in [0.25, 0.3) is 0 Å². The van der Waals surface area contributed by atoms with Crippen molar-refractivity contribution in [2.24, 2.45) is 0 Å². The molecule has 2 nitrogen and oxygen atoms in total. The van der Waals surface area contributed by atoms with Gasteiger partial charge < -0.3 is 5.32 Å². The molecule has 0 bridgehead atoms. The summed E-state index contributed by atoms with van der Waals surface area (Å²) in [5, 5.41) is 2.79. The molecule has 1 amide bonds. The smallest absolute Gasteiger partial charge is 0.230 e. The lowest BCUT2D eigenvalue weighted by atomic mass is 10.2. The van der Waals surface area contributed by atoms with Gasteiger partial charge >= 0.3 is 0 Å². The number of thioether (sulfide) groups is 1. The summed E-state index contributed by atoms with van der Waals surface area (Å²) >= 11 is 1.52. The molecule has 1 N–H and O–H groups in total. The van der Waals surface area contributed by atoms with Crippen molar-refractivity contribution in [2.45, 2.75) is 12.2 Å². The second-order valence-corrected chi connectivity index (χ2v) is 4.53. The van der Waals surface area contributed by atoms with Crippen LogP contribution in [0, 0.1) is 5.82 Å². The number of hydrogen-bond acceptors (Lipinski definition) is 2. The van der Waals surface area contributed by atoms with Gasteiger partial charge in [0, 0.05) is 12.3 Å². The zero-order valence-corrected chi connectivity index (χ0v) is 10.4. The Kier molecular flexibility index (Phi) is 6.40. The maximum absolute atomic E-state index is 12.6. The van der Waals surface area contributed by atoms with E-state index >= 15 is 0 Å². The molecule has 1 rings (SSSR count). The zero-order valence-electron chi connectivity index (χ0n) is 9.62. The highest BCUT2D eigenvalue weighted by Crippen LogP contribution is 2.12. The highest BCUT2D eigenvalue weighted by molar-refractivity contribution is 7.99. The average Bonchev–Trinajstić information content (AvgIpc) is 2.32. The van der Waals surface area contributed by atoms with E-state index in [-0.39, 0.29) is 11.7 Å². The molecular weight excluding hydrogens is 237 g/mol. The van der Waals surface area contributed by atoms with E-state index in [9.17, 15) is 9.18 Å². The highest BCUT2D eigenvalue weighted by atomic mass is 32.2. The quantitative estimate of drug-likeness (QED) is 0.598. The maximum Gasteiger partial charge on any atom is 0.230 e. The van der Waals surface area contributed by atoms with Crippen LogP contribution in [0.3, 0.4) is 0 Å². The van der Waals surface area contributed by atoms with Crippen LogP contribution in [0.15, 0.2) is 36.9 Å².